The van der Waals surface area contributed by atoms with Crippen molar-refractivity contribution < 1.29 is 9.59 Å². The van der Waals surface area contributed by atoms with Gasteiger partial charge in [0.05, 0.1) is 11.4 Å². The second-order valence-electron chi connectivity index (χ2n) is 6.31. The molecule has 0 saturated carbocycles. The number of anilines is 2. The molecule has 2 heterocycles. The number of hydrogen-bond acceptors (Lipinski definition) is 4. The number of hydrogen-bond donors (Lipinski definition) is 1. The van der Waals surface area contributed by atoms with E-state index in [1.807, 2.05) is 41.3 Å². The third-order valence-electron chi connectivity index (χ3n) is 4.60. The summed E-state index contributed by atoms with van der Waals surface area (Å²) >= 11 is 7.57. The van der Waals surface area contributed by atoms with E-state index in [1.165, 1.54) is 11.8 Å². The van der Waals surface area contributed by atoms with E-state index < -0.39 is 0 Å². The molecule has 2 aliphatic rings. The molecule has 0 spiro atoms. The van der Waals surface area contributed by atoms with Crippen molar-refractivity contribution in [2.75, 3.05) is 42.1 Å². The highest BCUT2D eigenvalue weighted by molar-refractivity contribution is 8.00. The molecular formula is C19H18ClN3O2S. The fourth-order valence-electron chi connectivity index (χ4n) is 3.24. The molecule has 2 amide bonds. The van der Waals surface area contributed by atoms with Gasteiger partial charge in [-0.1, -0.05) is 17.7 Å². The number of nitrogens with one attached hydrogen (secondary N) is 1. The van der Waals surface area contributed by atoms with Crippen molar-refractivity contribution in [2.24, 2.45) is 0 Å². The summed E-state index contributed by atoms with van der Waals surface area (Å²) in [5.41, 5.74) is 2.43. The Labute approximate surface area is 161 Å². The van der Waals surface area contributed by atoms with E-state index >= 15 is 0 Å². The number of nitrogens with zero attached hydrogens (tertiary/aromatic N) is 2. The molecule has 2 aliphatic heterocycles. The van der Waals surface area contributed by atoms with E-state index in [4.69, 9.17) is 11.6 Å². The van der Waals surface area contributed by atoms with Crippen LogP contribution in [0.2, 0.25) is 5.02 Å². The number of amides is 2. The Hall–Kier alpha value is -2.18. The topological polar surface area (TPSA) is 52.7 Å². The lowest BCUT2D eigenvalue weighted by molar-refractivity contribution is -0.113. The van der Waals surface area contributed by atoms with Gasteiger partial charge in [-0.05, 0) is 36.4 Å². The maximum absolute atomic E-state index is 12.8. The Kier molecular flexibility index (Phi) is 4.78. The molecule has 2 aromatic carbocycles. The molecule has 0 aromatic heterocycles. The predicted octanol–water partition coefficient (Wildman–Crippen LogP) is 3.35. The summed E-state index contributed by atoms with van der Waals surface area (Å²) in [5.74, 6) is 0.400. The van der Waals surface area contributed by atoms with Gasteiger partial charge in [-0.2, -0.15) is 0 Å². The lowest BCUT2D eigenvalue weighted by atomic mass is 10.1. The van der Waals surface area contributed by atoms with Gasteiger partial charge in [-0.25, -0.2) is 0 Å². The Balaban J connectivity index is 1.44. The summed E-state index contributed by atoms with van der Waals surface area (Å²) in [7, 11) is 0. The zero-order valence-electron chi connectivity index (χ0n) is 14.1. The van der Waals surface area contributed by atoms with Crippen LogP contribution in [0.1, 0.15) is 10.4 Å². The van der Waals surface area contributed by atoms with Crippen LogP contribution < -0.4 is 10.2 Å². The van der Waals surface area contributed by atoms with E-state index in [2.05, 4.69) is 10.2 Å². The van der Waals surface area contributed by atoms with E-state index in [0.717, 1.165) is 34.4 Å². The molecule has 1 N–H and O–H groups in total. The van der Waals surface area contributed by atoms with Crippen LogP contribution in [0.5, 0.6) is 0 Å². The Morgan fingerprint density at radius 2 is 1.88 bits per heavy atom. The van der Waals surface area contributed by atoms with Crippen molar-refractivity contribution in [3.05, 3.63) is 53.1 Å². The van der Waals surface area contributed by atoms with Gasteiger partial charge in [0, 0.05) is 47.3 Å². The average Bonchev–Trinajstić information content (AvgIpc) is 2.67. The van der Waals surface area contributed by atoms with E-state index in [-0.39, 0.29) is 11.8 Å². The maximum atomic E-state index is 12.8. The summed E-state index contributed by atoms with van der Waals surface area (Å²) in [6, 6.07) is 13.3. The quantitative estimate of drug-likeness (QED) is 0.858. The number of thioether (sulfide) groups is 1. The van der Waals surface area contributed by atoms with Crippen LogP contribution in [0.25, 0.3) is 0 Å². The molecule has 26 heavy (non-hydrogen) atoms. The first-order chi connectivity index (χ1) is 12.6. The van der Waals surface area contributed by atoms with Gasteiger partial charge in [0.15, 0.2) is 0 Å². The summed E-state index contributed by atoms with van der Waals surface area (Å²) in [5, 5.41) is 3.56. The monoisotopic (exact) mass is 387 g/mol. The molecule has 0 aliphatic carbocycles. The fourth-order valence-corrected chi connectivity index (χ4v) is 4.21. The molecule has 0 bridgehead atoms. The highest BCUT2D eigenvalue weighted by Crippen LogP contribution is 2.32. The van der Waals surface area contributed by atoms with E-state index in [0.29, 0.717) is 24.4 Å². The minimum absolute atomic E-state index is 0.00312. The number of halogens is 1. The summed E-state index contributed by atoms with van der Waals surface area (Å²) in [6.07, 6.45) is 0. The molecule has 7 heteroatoms. The lowest BCUT2D eigenvalue weighted by Gasteiger charge is -2.36. The molecular weight excluding hydrogens is 370 g/mol. The number of fused-ring (bicyclic) bond motifs is 1. The van der Waals surface area contributed by atoms with Crippen molar-refractivity contribution in [2.45, 2.75) is 4.90 Å². The van der Waals surface area contributed by atoms with Gasteiger partial charge in [0.1, 0.15) is 0 Å². The highest BCUT2D eigenvalue weighted by Gasteiger charge is 2.24. The molecule has 1 saturated heterocycles. The van der Waals surface area contributed by atoms with Crippen molar-refractivity contribution >= 4 is 46.6 Å². The van der Waals surface area contributed by atoms with Crippen molar-refractivity contribution in [3.8, 4) is 0 Å². The zero-order chi connectivity index (χ0) is 18.1. The van der Waals surface area contributed by atoms with Gasteiger partial charge < -0.3 is 15.1 Å². The lowest BCUT2D eigenvalue weighted by Crippen LogP contribution is -2.48. The van der Waals surface area contributed by atoms with Gasteiger partial charge in [-0.15, -0.1) is 11.8 Å². The second-order valence-corrected chi connectivity index (χ2v) is 7.76. The molecule has 134 valence electrons. The first-order valence-electron chi connectivity index (χ1n) is 8.47. The molecule has 5 nitrogen and oxygen atoms in total. The summed E-state index contributed by atoms with van der Waals surface area (Å²) in [4.78, 5) is 29.5. The molecule has 2 aromatic rings. The Morgan fingerprint density at radius 1 is 1.08 bits per heavy atom. The van der Waals surface area contributed by atoms with Crippen LogP contribution in [-0.2, 0) is 4.79 Å². The van der Waals surface area contributed by atoms with Gasteiger partial charge in [0.25, 0.3) is 5.91 Å². The van der Waals surface area contributed by atoms with Crippen molar-refractivity contribution in [1.29, 1.82) is 0 Å². The first kappa shape index (κ1) is 17.2. The van der Waals surface area contributed by atoms with E-state index in [1.54, 1.807) is 6.07 Å². The predicted molar refractivity (Wildman–Crippen MR) is 105 cm³/mol. The normalized spacial score (nSPS) is 16.9. The van der Waals surface area contributed by atoms with Crippen LogP contribution >= 0.6 is 23.4 Å². The summed E-state index contributed by atoms with van der Waals surface area (Å²) < 4.78 is 0. The fraction of sp³-hybridized carbons (Fsp3) is 0.263. The van der Waals surface area contributed by atoms with Crippen LogP contribution in [-0.4, -0.2) is 48.6 Å². The summed E-state index contributed by atoms with van der Waals surface area (Å²) in [6.45, 7) is 2.85. The molecule has 0 atom stereocenters. The van der Waals surface area contributed by atoms with Crippen LogP contribution in [0.4, 0.5) is 11.4 Å². The SMILES string of the molecule is O=C1CSc2ccc(C(=O)N3CCN(c4cccc(Cl)c4)CC3)cc2N1. The van der Waals surface area contributed by atoms with Gasteiger partial charge in [0.2, 0.25) is 5.91 Å². The molecule has 0 radical (unpaired) electrons. The number of carbonyl (C=O) groups excluding carboxylic acids is 2. The standard InChI is InChI=1S/C19H18ClN3O2S/c20-14-2-1-3-15(11-14)22-6-8-23(9-7-22)19(25)13-4-5-17-16(10-13)21-18(24)12-26-17/h1-5,10-11H,6-9,12H2,(H,21,24). The van der Waals surface area contributed by atoms with Gasteiger partial charge in [-0.3, -0.25) is 9.59 Å². The number of rotatable bonds is 2. The van der Waals surface area contributed by atoms with Crippen LogP contribution in [0.15, 0.2) is 47.4 Å². The minimum Gasteiger partial charge on any atom is -0.368 e. The zero-order valence-corrected chi connectivity index (χ0v) is 15.6. The third-order valence-corrected chi connectivity index (χ3v) is 5.91. The Morgan fingerprint density at radius 3 is 2.65 bits per heavy atom. The van der Waals surface area contributed by atoms with Crippen molar-refractivity contribution in [1.82, 2.24) is 4.90 Å². The van der Waals surface area contributed by atoms with Crippen LogP contribution in [0.3, 0.4) is 0 Å². The smallest absolute Gasteiger partial charge is 0.254 e. The Bertz CT molecular complexity index is 866. The molecule has 1 fully saturated rings. The minimum atomic E-state index is -0.0257. The number of benzene rings is 2. The highest BCUT2D eigenvalue weighted by atomic mass is 35.5. The number of carbonyl (C=O) groups is 2. The number of piperazine rings is 1. The maximum Gasteiger partial charge on any atom is 0.254 e. The van der Waals surface area contributed by atoms with Crippen LogP contribution in [0, 0.1) is 0 Å². The van der Waals surface area contributed by atoms with Crippen molar-refractivity contribution in [3.63, 3.8) is 0 Å². The third kappa shape index (κ3) is 3.52. The van der Waals surface area contributed by atoms with E-state index in [9.17, 15) is 9.59 Å². The van der Waals surface area contributed by atoms with Gasteiger partial charge >= 0.3 is 0 Å². The molecule has 4 rings (SSSR count). The second kappa shape index (κ2) is 7.21. The first-order valence-corrected chi connectivity index (χ1v) is 9.83. The largest absolute Gasteiger partial charge is 0.368 e. The average molecular weight is 388 g/mol. The molecule has 0 unspecified atom stereocenters.